The third-order valence-corrected chi connectivity index (χ3v) is 4.27. The Balaban J connectivity index is 1.85. The number of thiophene rings is 1. The van der Waals surface area contributed by atoms with Crippen LogP contribution in [-0.2, 0) is 4.79 Å². The van der Waals surface area contributed by atoms with Gasteiger partial charge in [-0.05, 0) is 35.7 Å². The van der Waals surface area contributed by atoms with Crippen molar-refractivity contribution in [3.05, 3.63) is 53.4 Å². The van der Waals surface area contributed by atoms with E-state index in [1.807, 2.05) is 17.5 Å². The van der Waals surface area contributed by atoms with Crippen molar-refractivity contribution in [1.82, 2.24) is 25.4 Å². The third kappa shape index (κ3) is 4.12. The maximum atomic E-state index is 13.2. The lowest BCUT2D eigenvalue weighted by Gasteiger charge is -2.04. The van der Waals surface area contributed by atoms with Gasteiger partial charge in [-0.2, -0.15) is 0 Å². The van der Waals surface area contributed by atoms with Gasteiger partial charge in [0.2, 0.25) is 11.7 Å². The third-order valence-electron chi connectivity index (χ3n) is 3.41. The summed E-state index contributed by atoms with van der Waals surface area (Å²) in [5.74, 6) is -0.478. The van der Waals surface area contributed by atoms with Crippen molar-refractivity contribution >= 4 is 23.2 Å². The molecule has 0 saturated heterocycles. The van der Waals surface area contributed by atoms with Crippen LogP contribution in [0.5, 0.6) is 0 Å². The van der Waals surface area contributed by atoms with E-state index in [9.17, 15) is 14.0 Å². The molecule has 26 heavy (non-hydrogen) atoms. The fourth-order valence-corrected chi connectivity index (χ4v) is 2.93. The maximum absolute atomic E-state index is 13.2. The van der Waals surface area contributed by atoms with Crippen LogP contribution in [0, 0.1) is 5.82 Å². The summed E-state index contributed by atoms with van der Waals surface area (Å²) < 4.78 is 14.7. The van der Waals surface area contributed by atoms with E-state index in [0.29, 0.717) is 18.1 Å². The summed E-state index contributed by atoms with van der Waals surface area (Å²) in [5.41, 5.74) is 0.597. The lowest BCUT2D eigenvalue weighted by Crippen LogP contribution is -2.34. The molecular formula is C17H16FN5O2S. The lowest BCUT2D eigenvalue weighted by atomic mass is 10.3. The van der Waals surface area contributed by atoms with Crippen LogP contribution in [0.15, 0.2) is 41.8 Å². The van der Waals surface area contributed by atoms with Crippen LogP contribution >= 0.6 is 11.3 Å². The molecule has 3 rings (SSSR count). The number of hydrogen-bond acceptors (Lipinski definition) is 5. The highest BCUT2D eigenvalue weighted by atomic mass is 32.1. The normalized spacial score (nSPS) is 10.5. The highest BCUT2D eigenvalue weighted by Gasteiger charge is 2.19. The molecule has 0 spiro atoms. The van der Waals surface area contributed by atoms with Crippen LogP contribution < -0.4 is 10.6 Å². The number of amides is 2. The first-order valence-electron chi connectivity index (χ1n) is 7.84. The predicted molar refractivity (Wildman–Crippen MR) is 95.6 cm³/mol. The number of rotatable bonds is 6. The largest absolute Gasteiger partial charge is 0.355 e. The lowest BCUT2D eigenvalue weighted by molar-refractivity contribution is -0.118. The SMILES string of the molecule is CC(=O)NCCNC(=O)c1nc(-c2cccs2)n(-c2ccc(F)cc2)n1. The molecule has 2 amide bonds. The van der Waals surface area contributed by atoms with E-state index in [1.165, 1.54) is 35.1 Å². The van der Waals surface area contributed by atoms with Crippen molar-refractivity contribution in [1.29, 1.82) is 0 Å². The van der Waals surface area contributed by atoms with Gasteiger partial charge in [-0.3, -0.25) is 9.59 Å². The Morgan fingerprint density at radius 3 is 2.54 bits per heavy atom. The number of nitrogens with one attached hydrogen (secondary N) is 2. The Labute approximate surface area is 152 Å². The average Bonchev–Trinajstić information content (AvgIpc) is 3.28. The molecule has 0 saturated carbocycles. The van der Waals surface area contributed by atoms with Gasteiger partial charge in [0.25, 0.3) is 5.91 Å². The summed E-state index contributed by atoms with van der Waals surface area (Å²) in [4.78, 5) is 28.3. The molecule has 0 aliphatic heterocycles. The Bertz CT molecular complexity index is 906. The number of carbonyl (C=O) groups excluding carboxylic acids is 2. The Hall–Kier alpha value is -3.07. The van der Waals surface area contributed by atoms with E-state index in [4.69, 9.17) is 0 Å². The molecule has 3 aromatic rings. The zero-order valence-electron chi connectivity index (χ0n) is 13.9. The highest BCUT2D eigenvalue weighted by Crippen LogP contribution is 2.25. The maximum Gasteiger partial charge on any atom is 0.291 e. The fraction of sp³-hybridized carbons (Fsp3) is 0.176. The summed E-state index contributed by atoms with van der Waals surface area (Å²) >= 11 is 1.46. The zero-order valence-corrected chi connectivity index (χ0v) is 14.7. The standard InChI is InChI=1S/C17H16FN5O2S/c1-11(24)19-8-9-20-17(25)15-21-16(14-3-2-10-26-14)23(22-15)13-6-4-12(18)5-7-13/h2-7,10H,8-9H2,1H3,(H,19,24)(H,20,25). The minimum Gasteiger partial charge on any atom is -0.355 e. The van der Waals surface area contributed by atoms with Gasteiger partial charge in [0.1, 0.15) is 5.82 Å². The van der Waals surface area contributed by atoms with E-state index in [-0.39, 0.29) is 24.1 Å². The first-order valence-corrected chi connectivity index (χ1v) is 8.72. The molecule has 134 valence electrons. The van der Waals surface area contributed by atoms with Gasteiger partial charge in [-0.1, -0.05) is 6.07 Å². The summed E-state index contributed by atoms with van der Waals surface area (Å²) in [5, 5.41) is 11.4. The number of aromatic nitrogens is 3. The van der Waals surface area contributed by atoms with Gasteiger partial charge in [-0.15, -0.1) is 16.4 Å². The second kappa shape index (κ2) is 7.87. The molecule has 0 radical (unpaired) electrons. The van der Waals surface area contributed by atoms with Crippen molar-refractivity contribution in [2.24, 2.45) is 0 Å². The first kappa shape index (κ1) is 17.7. The molecule has 0 atom stereocenters. The molecule has 1 aromatic carbocycles. The Morgan fingerprint density at radius 2 is 1.88 bits per heavy atom. The van der Waals surface area contributed by atoms with Gasteiger partial charge in [0, 0.05) is 20.0 Å². The van der Waals surface area contributed by atoms with Crippen molar-refractivity contribution in [2.45, 2.75) is 6.92 Å². The van der Waals surface area contributed by atoms with E-state index in [0.717, 1.165) is 4.88 Å². The molecule has 2 heterocycles. The molecule has 2 N–H and O–H groups in total. The summed E-state index contributed by atoms with van der Waals surface area (Å²) in [7, 11) is 0. The Morgan fingerprint density at radius 1 is 1.15 bits per heavy atom. The minimum absolute atomic E-state index is 0.000509. The van der Waals surface area contributed by atoms with Gasteiger partial charge < -0.3 is 10.6 Å². The average molecular weight is 373 g/mol. The van der Waals surface area contributed by atoms with E-state index >= 15 is 0 Å². The molecule has 9 heteroatoms. The molecule has 7 nitrogen and oxygen atoms in total. The van der Waals surface area contributed by atoms with E-state index in [1.54, 1.807) is 12.1 Å². The number of halogens is 1. The molecule has 0 bridgehead atoms. The second-order valence-corrected chi connectivity index (χ2v) is 6.31. The number of carbonyl (C=O) groups is 2. The number of hydrogen-bond donors (Lipinski definition) is 2. The Kier molecular flexibility index (Phi) is 5.37. The first-order chi connectivity index (χ1) is 12.5. The highest BCUT2D eigenvalue weighted by molar-refractivity contribution is 7.13. The molecular weight excluding hydrogens is 357 g/mol. The number of benzene rings is 1. The molecule has 0 unspecified atom stereocenters. The van der Waals surface area contributed by atoms with E-state index in [2.05, 4.69) is 20.7 Å². The monoisotopic (exact) mass is 373 g/mol. The van der Waals surface area contributed by atoms with Gasteiger partial charge >= 0.3 is 0 Å². The minimum atomic E-state index is -0.450. The topological polar surface area (TPSA) is 88.9 Å². The number of nitrogens with zero attached hydrogens (tertiary/aromatic N) is 3. The zero-order chi connectivity index (χ0) is 18.5. The second-order valence-electron chi connectivity index (χ2n) is 5.36. The van der Waals surface area contributed by atoms with E-state index < -0.39 is 5.91 Å². The van der Waals surface area contributed by atoms with Crippen LogP contribution in [0.2, 0.25) is 0 Å². The fourth-order valence-electron chi connectivity index (χ4n) is 2.23. The molecule has 0 aliphatic carbocycles. The van der Waals surface area contributed by atoms with Crippen LogP contribution in [0.3, 0.4) is 0 Å². The molecule has 2 aromatic heterocycles. The smallest absolute Gasteiger partial charge is 0.291 e. The van der Waals surface area contributed by atoms with Crippen molar-refractivity contribution in [2.75, 3.05) is 13.1 Å². The van der Waals surface area contributed by atoms with Crippen LogP contribution in [0.25, 0.3) is 16.4 Å². The quantitative estimate of drug-likeness (QED) is 0.647. The van der Waals surface area contributed by atoms with Crippen molar-refractivity contribution in [3.8, 4) is 16.4 Å². The summed E-state index contributed by atoms with van der Waals surface area (Å²) in [6.07, 6.45) is 0. The van der Waals surface area contributed by atoms with Crippen LogP contribution in [0.4, 0.5) is 4.39 Å². The van der Waals surface area contributed by atoms with Crippen LogP contribution in [0.1, 0.15) is 17.5 Å². The van der Waals surface area contributed by atoms with Gasteiger partial charge in [0.05, 0.1) is 10.6 Å². The summed E-state index contributed by atoms with van der Waals surface area (Å²) in [6, 6.07) is 9.52. The predicted octanol–water partition coefficient (Wildman–Crippen LogP) is 2.00. The van der Waals surface area contributed by atoms with Crippen LogP contribution in [-0.4, -0.2) is 39.7 Å². The van der Waals surface area contributed by atoms with Gasteiger partial charge in [-0.25, -0.2) is 14.1 Å². The van der Waals surface area contributed by atoms with Crippen molar-refractivity contribution in [3.63, 3.8) is 0 Å². The van der Waals surface area contributed by atoms with Gasteiger partial charge in [0.15, 0.2) is 5.82 Å². The van der Waals surface area contributed by atoms with Crippen molar-refractivity contribution < 1.29 is 14.0 Å². The molecule has 0 fully saturated rings. The summed E-state index contributed by atoms with van der Waals surface area (Å²) in [6.45, 7) is 1.98. The molecule has 0 aliphatic rings.